The molecule has 11 rings (SSSR count). The number of nitrogen functional groups attached to an aromatic ring is 1. The number of aliphatic imine (C=N–C) groups is 1. The van der Waals surface area contributed by atoms with Crippen molar-refractivity contribution in [1.29, 1.82) is 0 Å². The number of nitrogens with two attached hydrogens (primary N) is 3. The van der Waals surface area contributed by atoms with E-state index in [1.807, 2.05) is 41.3 Å². The topological polar surface area (TPSA) is 625 Å². The van der Waals surface area contributed by atoms with E-state index >= 15 is 0 Å². The minimum Gasteiger partial charge on any atom is -0.481 e. The molecule has 0 radical (unpaired) electrons. The summed E-state index contributed by atoms with van der Waals surface area (Å²) in [5.41, 5.74) is 26.6. The molecule has 7 atom stereocenters. The van der Waals surface area contributed by atoms with Crippen LogP contribution in [0.2, 0.25) is 0 Å². The third-order valence-corrected chi connectivity index (χ3v) is 20.7. The zero-order valence-electron chi connectivity index (χ0n) is 64.5. The second kappa shape index (κ2) is 40.0. The van der Waals surface area contributed by atoms with E-state index in [0.717, 1.165) is 54.5 Å². The highest BCUT2D eigenvalue weighted by atomic mass is 35.5. The van der Waals surface area contributed by atoms with Gasteiger partial charge in [-0.3, -0.25) is 72.4 Å². The Morgan fingerprint density at radius 3 is 2.06 bits per heavy atom. The molecule has 0 bridgehead atoms. The number of urea groups is 1. The van der Waals surface area contributed by atoms with Crippen LogP contribution in [-0.2, 0) is 65.7 Å². The van der Waals surface area contributed by atoms with Crippen molar-refractivity contribution in [2.24, 2.45) is 21.6 Å². The van der Waals surface area contributed by atoms with Gasteiger partial charge >= 0.3 is 29.9 Å². The van der Waals surface area contributed by atoms with E-state index in [1.165, 1.54) is 55.4 Å². The van der Waals surface area contributed by atoms with Crippen LogP contribution in [0.25, 0.3) is 38.9 Å². The average molecular weight is 1690 g/mol. The van der Waals surface area contributed by atoms with Gasteiger partial charge in [0.1, 0.15) is 35.9 Å². The number of carbonyl (C=O) groups is 14. The van der Waals surface area contributed by atoms with Gasteiger partial charge in [-0.1, -0.05) is 37.3 Å². The highest BCUT2D eigenvalue weighted by Crippen LogP contribution is 2.44. The summed E-state index contributed by atoms with van der Waals surface area (Å²) in [4.78, 5) is 213. The average Bonchev–Trinajstić information content (AvgIpc) is 1.58. The number of thioether (sulfide) groups is 1. The first-order valence-electron chi connectivity index (χ1n) is 37.2. The van der Waals surface area contributed by atoms with Crippen molar-refractivity contribution in [3.05, 3.63) is 158 Å². The number of likely N-dealkylation sites (tertiary alicyclic amines) is 1. The third-order valence-electron chi connectivity index (χ3n) is 19.3. The van der Waals surface area contributed by atoms with Crippen LogP contribution in [0.3, 0.4) is 0 Å². The number of amides is 11. The van der Waals surface area contributed by atoms with Crippen molar-refractivity contribution in [3.8, 4) is 0 Å². The molecule has 5 aromatic carbocycles. The molecule has 3 aliphatic rings. The Hall–Kier alpha value is -14.4. The summed E-state index contributed by atoms with van der Waals surface area (Å²) in [6.45, 7) is 3.98. The maximum Gasteiger partial charge on any atom is 0.339 e. The van der Waals surface area contributed by atoms with Crippen molar-refractivity contribution in [2.75, 3.05) is 58.4 Å². The molecule has 11 amide bonds. The van der Waals surface area contributed by atoms with Gasteiger partial charge in [-0.25, -0.2) is 29.8 Å². The number of anilines is 5. The number of hydrazone groups is 1. The first kappa shape index (κ1) is 88.0. The van der Waals surface area contributed by atoms with E-state index in [2.05, 4.69) is 108 Å². The van der Waals surface area contributed by atoms with E-state index in [4.69, 9.17) is 28.8 Å². The van der Waals surface area contributed by atoms with Crippen molar-refractivity contribution in [2.45, 2.75) is 120 Å². The van der Waals surface area contributed by atoms with Crippen LogP contribution in [0.5, 0.6) is 0 Å². The molecule has 2 aliphatic heterocycles. The molecular formula is C78H84ClN21O19S. The SMILES string of the molecule is CC[C@H](NC(=O)[C@H](CC(=O)O)NC(=O)[C@H](CCCN=C(N)N)NC(=O)[C@H](CC(=O)O)NC(=O)CC[C@H](NC(=O)c1ccc(NCc2cnc3nc(N)[nH]c(=O)c3n2)cc1)C(=O)O)C(=O)O.CSC1CC(=O)N(C/C=N/NC(=O)Nc2ccc3c(c2)C=C(C(=O)Nc2ccc4[nH]c(C(=O)N5CC(CCl)c6c5cc(C)c5ccccc65)cc4c2)C3)C1=O. The van der Waals surface area contributed by atoms with Crippen LogP contribution >= 0.6 is 23.4 Å². The third kappa shape index (κ3) is 22.6. The van der Waals surface area contributed by atoms with Crippen molar-refractivity contribution in [1.82, 2.24) is 61.8 Å². The fraction of sp³-hybridized carbons (Fsp3) is 0.308. The standard InChI is InChI=1S/C41H36ClN7O5S.C37H48N14O14/c1-22-13-34-37(31-6-4-3-5-30(22)31)27(20-42)21-49(34)39(52)33-18-25-17-28(9-10-32(25)46-33)44-38(51)26-14-23-7-8-29(16-24(23)15-26)45-41(54)47-43-11-12-48-36(50)19-35(55-2)40(48)53;1-2-19(34(62)63)46-32(60)23(13-26(55)56)49-30(58)20(4-3-11-41-36(38)39)47-31(59)22(12-25(53)54)45-24(52)10-9-21(35(64)65)48-29(57)16-5-7-17(8-6-16)42-14-18-15-43-28-27(44-18)33(61)51-37(40)50-28/h3-11,13,15-18,27,35,46H,12,14,19-21H2,1-2H3,(H,44,51)(H2,45,47,54);5-8,15,19-23,42H,2-4,9-14H2,1H3,(H,45,52)(H,46,60)(H,47,59)(H,48,57)(H,49,58)(H,53,54)(H,55,56)(H,62,63)(H,64,65)(H4,38,39,41)(H3,40,43,50,51,61)/b43-11+;/t;19-,20-,21-,22-,23-/m.0/s1. The summed E-state index contributed by atoms with van der Waals surface area (Å²) in [6.07, 6.45) is 3.22. The lowest BCUT2D eigenvalue weighted by Crippen LogP contribution is -2.58. The largest absolute Gasteiger partial charge is 0.481 e. The predicted octanol–water partition coefficient (Wildman–Crippen LogP) is 3.10. The lowest BCUT2D eigenvalue weighted by molar-refractivity contribution is -0.144. The summed E-state index contributed by atoms with van der Waals surface area (Å²) in [6, 6.07) is 19.7. The Kier molecular flexibility index (Phi) is 29.3. The number of guanidine groups is 1. The summed E-state index contributed by atoms with van der Waals surface area (Å²) in [7, 11) is 0. The number of H-pyrrole nitrogens is 2. The molecule has 40 nitrogen and oxygen atoms in total. The number of carbonyl (C=O) groups excluding carboxylic acids is 10. The Labute approximate surface area is 690 Å². The zero-order valence-corrected chi connectivity index (χ0v) is 66.0. The minimum atomic E-state index is -1.87. The first-order valence-corrected chi connectivity index (χ1v) is 39.1. The number of imide groups is 1. The normalized spacial score (nSPS) is 15.2. The van der Waals surface area contributed by atoms with Crippen LogP contribution in [0.4, 0.5) is 33.5 Å². The van der Waals surface area contributed by atoms with E-state index in [9.17, 15) is 92.3 Å². The molecule has 21 N–H and O–H groups in total. The fourth-order valence-corrected chi connectivity index (χ4v) is 14.2. The predicted molar refractivity (Wildman–Crippen MR) is 442 cm³/mol. The molecule has 0 saturated carbocycles. The van der Waals surface area contributed by atoms with Crippen molar-refractivity contribution in [3.63, 3.8) is 0 Å². The van der Waals surface area contributed by atoms with Crippen LogP contribution in [-0.4, -0.2) is 213 Å². The quantitative estimate of drug-likeness (QED) is 0.00677. The van der Waals surface area contributed by atoms with Gasteiger partial charge in [0.05, 0.1) is 43.1 Å². The van der Waals surface area contributed by atoms with Gasteiger partial charge in [-0.15, -0.1) is 11.6 Å². The summed E-state index contributed by atoms with van der Waals surface area (Å²) < 4.78 is 0. The number of nitrogens with zero attached hydrogens (tertiary/aromatic N) is 7. The van der Waals surface area contributed by atoms with Crippen LogP contribution < -0.4 is 75.6 Å². The number of fused-ring (bicyclic) bond motifs is 6. The summed E-state index contributed by atoms with van der Waals surface area (Å²) in [5, 5.41) is 64.2. The molecule has 1 saturated heterocycles. The summed E-state index contributed by atoms with van der Waals surface area (Å²) >= 11 is 7.77. The highest BCUT2D eigenvalue weighted by molar-refractivity contribution is 8.00. The van der Waals surface area contributed by atoms with E-state index in [0.29, 0.717) is 52.9 Å². The molecule has 1 fully saturated rings. The second-order valence-corrected chi connectivity index (χ2v) is 29.1. The number of nitrogens with one attached hydrogen (secondary N) is 11. The number of hydrogen-bond acceptors (Lipinski definition) is 23. The Bertz CT molecular complexity index is 5540. The lowest BCUT2D eigenvalue weighted by Gasteiger charge is -2.25. The van der Waals surface area contributed by atoms with Crippen LogP contribution in [0.15, 0.2) is 124 Å². The highest BCUT2D eigenvalue weighted by Gasteiger charge is 2.39. The smallest absolute Gasteiger partial charge is 0.339 e. The Morgan fingerprint density at radius 1 is 0.733 bits per heavy atom. The summed E-state index contributed by atoms with van der Waals surface area (Å²) in [5.74, 6) is -12.5. The maximum absolute atomic E-state index is 14.0. The van der Waals surface area contributed by atoms with Gasteiger partial charge in [0, 0.05) is 95.2 Å². The van der Waals surface area contributed by atoms with Gasteiger partial charge in [0.15, 0.2) is 17.1 Å². The van der Waals surface area contributed by atoms with Gasteiger partial charge in [-0.05, 0) is 145 Å². The fourth-order valence-electron chi connectivity index (χ4n) is 13.3. The number of benzene rings is 5. The first-order chi connectivity index (χ1) is 57.3. The molecular weight excluding hydrogens is 1600 g/mol. The Balaban J connectivity index is 0.000000255. The monoisotopic (exact) mass is 1690 g/mol. The minimum absolute atomic E-state index is 0.0107. The van der Waals surface area contributed by atoms with Gasteiger partial charge in [0.2, 0.25) is 41.4 Å². The zero-order chi connectivity index (χ0) is 86.8. The molecule has 0 spiro atoms. The molecule has 628 valence electrons. The van der Waals surface area contributed by atoms with Crippen LogP contribution in [0.1, 0.15) is 113 Å². The number of rotatable bonds is 35. The van der Waals surface area contributed by atoms with Gasteiger partial charge < -0.3 is 90.0 Å². The number of aryl methyl sites for hydroxylation is 1. The van der Waals surface area contributed by atoms with E-state index < -0.39 is 121 Å². The van der Waals surface area contributed by atoms with Crippen molar-refractivity contribution >= 4 is 186 Å². The Morgan fingerprint density at radius 2 is 1.39 bits per heavy atom. The van der Waals surface area contributed by atoms with E-state index in [1.54, 1.807) is 30.5 Å². The van der Waals surface area contributed by atoms with Crippen LogP contribution in [0, 0.1) is 6.92 Å². The number of aromatic nitrogens is 5. The number of halogens is 1. The number of carboxylic acid groups (broad SMARTS) is 4. The lowest BCUT2D eigenvalue weighted by atomic mass is 9.93. The molecule has 8 aromatic rings. The number of aromatic amines is 2. The number of alkyl halides is 1. The molecule has 2 unspecified atom stereocenters. The number of hydrogen-bond donors (Lipinski definition) is 18. The second-order valence-electron chi connectivity index (χ2n) is 27.8. The molecule has 3 aromatic heterocycles. The maximum atomic E-state index is 14.0. The molecule has 42 heteroatoms. The molecule has 120 heavy (non-hydrogen) atoms. The van der Waals surface area contributed by atoms with Crippen molar-refractivity contribution < 1.29 is 87.5 Å². The van der Waals surface area contributed by atoms with E-state index in [-0.39, 0.29) is 109 Å². The molecule has 1 aliphatic carbocycles. The molecule has 5 heterocycles. The van der Waals surface area contributed by atoms with Gasteiger partial charge in [-0.2, -0.15) is 21.8 Å². The number of aliphatic carboxylic acids is 4. The number of carboxylic acids is 4. The van der Waals surface area contributed by atoms with Gasteiger partial charge in [0.25, 0.3) is 23.3 Å².